The molecular formula is C29H32N6O2. The van der Waals surface area contributed by atoms with Crippen molar-refractivity contribution >= 4 is 23.2 Å². The summed E-state index contributed by atoms with van der Waals surface area (Å²) < 4.78 is 1.59. The maximum Gasteiger partial charge on any atom is 0.277 e. The molecule has 0 saturated heterocycles. The SMILES string of the molecule is CC.N#Cc1cccc(NC(=O)c2cnn3c2C(=O)N(c2ccc(CNC4CC5CC5C4)cc2)CC3)c1. The summed E-state index contributed by atoms with van der Waals surface area (Å²) in [6.07, 6.45) is 5.46. The van der Waals surface area contributed by atoms with Crippen molar-refractivity contribution in [3.8, 4) is 6.07 Å². The Morgan fingerprint density at radius 3 is 2.57 bits per heavy atom. The Morgan fingerprint density at radius 1 is 1.08 bits per heavy atom. The second-order valence-corrected chi connectivity index (χ2v) is 9.71. The van der Waals surface area contributed by atoms with E-state index >= 15 is 0 Å². The molecule has 1 aliphatic heterocycles. The molecule has 6 rings (SSSR count). The zero-order valence-electron chi connectivity index (χ0n) is 21.3. The first-order valence-electron chi connectivity index (χ1n) is 13.1. The van der Waals surface area contributed by atoms with Gasteiger partial charge in [-0.25, -0.2) is 0 Å². The molecule has 0 spiro atoms. The molecule has 0 radical (unpaired) electrons. The van der Waals surface area contributed by atoms with Crippen LogP contribution in [0.4, 0.5) is 11.4 Å². The number of amides is 2. The van der Waals surface area contributed by atoms with Crippen LogP contribution in [0.15, 0.2) is 54.7 Å². The van der Waals surface area contributed by atoms with Crippen LogP contribution >= 0.6 is 0 Å². The molecular weight excluding hydrogens is 464 g/mol. The molecule has 190 valence electrons. The summed E-state index contributed by atoms with van der Waals surface area (Å²) in [5, 5.41) is 19.8. The van der Waals surface area contributed by atoms with Crippen LogP contribution in [0.25, 0.3) is 0 Å². The highest BCUT2D eigenvalue weighted by molar-refractivity contribution is 6.15. The summed E-state index contributed by atoms with van der Waals surface area (Å²) in [5.41, 5.74) is 3.44. The number of carbonyl (C=O) groups is 2. The van der Waals surface area contributed by atoms with E-state index in [2.05, 4.69) is 33.9 Å². The minimum absolute atomic E-state index is 0.220. The minimum Gasteiger partial charge on any atom is -0.322 e. The monoisotopic (exact) mass is 496 g/mol. The van der Waals surface area contributed by atoms with Crippen molar-refractivity contribution in [3.63, 3.8) is 0 Å². The van der Waals surface area contributed by atoms with Gasteiger partial charge in [-0.15, -0.1) is 0 Å². The van der Waals surface area contributed by atoms with Crippen molar-refractivity contribution in [3.05, 3.63) is 77.1 Å². The maximum atomic E-state index is 13.4. The quantitative estimate of drug-likeness (QED) is 0.520. The average Bonchev–Trinajstić information content (AvgIpc) is 3.32. The molecule has 2 amide bonds. The summed E-state index contributed by atoms with van der Waals surface area (Å²) >= 11 is 0. The van der Waals surface area contributed by atoms with Crippen LogP contribution < -0.4 is 15.5 Å². The summed E-state index contributed by atoms with van der Waals surface area (Å²) in [4.78, 5) is 28.1. The van der Waals surface area contributed by atoms with Gasteiger partial charge in [0, 0.05) is 30.5 Å². The minimum atomic E-state index is -0.428. The standard InChI is InChI=1S/C27H26N6O2.C2H6/c28-14-18-2-1-3-21(10-18)31-26(34)24-16-30-33-9-8-32(27(35)25(24)33)23-6-4-17(5-7-23)15-29-22-12-19-11-20(19)13-22;1-2/h1-7,10,16,19-20,22,29H,8-9,11-13,15H2,(H,31,34);1-2H3. The molecule has 37 heavy (non-hydrogen) atoms. The molecule has 2 aliphatic carbocycles. The first-order valence-corrected chi connectivity index (χ1v) is 13.1. The van der Waals surface area contributed by atoms with E-state index < -0.39 is 5.91 Å². The Morgan fingerprint density at radius 2 is 1.84 bits per heavy atom. The fourth-order valence-corrected chi connectivity index (χ4v) is 5.42. The number of rotatable bonds is 6. The lowest BCUT2D eigenvalue weighted by molar-refractivity contribution is 0.0947. The second kappa shape index (κ2) is 10.6. The highest BCUT2D eigenvalue weighted by Crippen LogP contribution is 2.51. The Labute approximate surface area is 217 Å². The van der Waals surface area contributed by atoms with Gasteiger partial charge in [0.05, 0.1) is 29.9 Å². The predicted molar refractivity (Wildman–Crippen MR) is 142 cm³/mol. The number of nitrogens with zero attached hydrogens (tertiary/aromatic N) is 4. The summed E-state index contributed by atoms with van der Waals surface area (Å²) in [5.74, 6) is 1.24. The van der Waals surface area contributed by atoms with E-state index in [9.17, 15) is 9.59 Å². The number of carbonyl (C=O) groups excluding carboxylic acids is 2. The van der Waals surface area contributed by atoms with Gasteiger partial charge >= 0.3 is 0 Å². The van der Waals surface area contributed by atoms with E-state index in [-0.39, 0.29) is 17.2 Å². The number of nitrogens with one attached hydrogen (secondary N) is 2. The topological polar surface area (TPSA) is 103 Å². The number of nitriles is 1. The number of aromatic nitrogens is 2. The molecule has 2 unspecified atom stereocenters. The van der Waals surface area contributed by atoms with Gasteiger partial charge in [0.15, 0.2) is 0 Å². The molecule has 3 aliphatic rings. The Balaban J connectivity index is 0.00000137. The smallest absolute Gasteiger partial charge is 0.277 e. The Bertz CT molecular complexity index is 1330. The maximum absolute atomic E-state index is 13.4. The number of hydrogen-bond acceptors (Lipinski definition) is 5. The first kappa shape index (κ1) is 24.7. The molecule has 8 heteroatoms. The second-order valence-electron chi connectivity index (χ2n) is 9.71. The fraction of sp³-hybridized carbons (Fsp3) is 0.379. The summed E-state index contributed by atoms with van der Waals surface area (Å²) in [6, 6.07) is 17.4. The van der Waals surface area contributed by atoms with E-state index in [4.69, 9.17) is 5.26 Å². The van der Waals surface area contributed by atoms with Gasteiger partial charge in [0.25, 0.3) is 11.8 Å². The van der Waals surface area contributed by atoms with Crippen molar-refractivity contribution in [2.45, 2.75) is 52.2 Å². The van der Waals surface area contributed by atoms with Crippen LogP contribution in [-0.2, 0) is 13.1 Å². The highest BCUT2D eigenvalue weighted by atomic mass is 16.2. The Kier molecular flexibility index (Phi) is 7.06. The van der Waals surface area contributed by atoms with Crippen LogP contribution in [0.5, 0.6) is 0 Å². The van der Waals surface area contributed by atoms with Crippen LogP contribution in [-0.4, -0.2) is 34.2 Å². The summed E-state index contributed by atoms with van der Waals surface area (Å²) in [7, 11) is 0. The normalized spacial score (nSPS) is 21.3. The third kappa shape index (κ3) is 5.13. The van der Waals surface area contributed by atoms with Crippen LogP contribution in [0.3, 0.4) is 0 Å². The predicted octanol–water partition coefficient (Wildman–Crippen LogP) is 4.58. The Hall–Kier alpha value is -3.96. The van der Waals surface area contributed by atoms with Crippen LogP contribution in [0.1, 0.15) is 65.1 Å². The molecule has 2 N–H and O–H groups in total. The van der Waals surface area contributed by atoms with E-state index in [1.165, 1.54) is 31.0 Å². The third-order valence-electron chi connectivity index (χ3n) is 7.40. The molecule has 3 aromatic rings. The van der Waals surface area contributed by atoms with Gasteiger partial charge in [-0.1, -0.05) is 32.0 Å². The molecule has 2 fully saturated rings. The summed E-state index contributed by atoms with van der Waals surface area (Å²) in [6.45, 7) is 5.83. The number of fused-ring (bicyclic) bond motifs is 2. The third-order valence-corrected chi connectivity index (χ3v) is 7.40. The van der Waals surface area contributed by atoms with Gasteiger partial charge in [0.2, 0.25) is 0 Å². The van der Waals surface area contributed by atoms with Crippen molar-refractivity contribution in [2.24, 2.45) is 11.8 Å². The van der Waals surface area contributed by atoms with Crippen molar-refractivity contribution in [2.75, 3.05) is 16.8 Å². The van der Waals surface area contributed by atoms with Crippen molar-refractivity contribution < 1.29 is 9.59 Å². The molecule has 1 aromatic heterocycles. The molecule has 2 aromatic carbocycles. The van der Waals surface area contributed by atoms with Gasteiger partial charge in [-0.05, 0) is 67.0 Å². The molecule has 8 nitrogen and oxygen atoms in total. The van der Waals surface area contributed by atoms with Crippen LogP contribution in [0.2, 0.25) is 0 Å². The fourth-order valence-electron chi connectivity index (χ4n) is 5.42. The average molecular weight is 497 g/mol. The molecule has 2 saturated carbocycles. The van der Waals surface area contributed by atoms with E-state index in [1.807, 2.05) is 26.0 Å². The highest BCUT2D eigenvalue weighted by Gasteiger charge is 2.45. The number of anilines is 2. The van der Waals surface area contributed by atoms with Crippen molar-refractivity contribution in [1.29, 1.82) is 5.26 Å². The number of benzene rings is 2. The first-order chi connectivity index (χ1) is 18.1. The van der Waals surface area contributed by atoms with Gasteiger partial charge < -0.3 is 15.5 Å². The molecule has 2 heterocycles. The van der Waals surface area contributed by atoms with E-state index in [0.717, 1.165) is 24.1 Å². The lowest BCUT2D eigenvalue weighted by Gasteiger charge is -2.28. The zero-order chi connectivity index (χ0) is 25.9. The zero-order valence-corrected chi connectivity index (χ0v) is 21.3. The van der Waals surface area contributed by atoms with E-state index in [0.29, 0.717) is 30.4 Å². The van der Waals surface area contributed by atoms with Gasteiger partial charge in [0.1, 0.15) is 5.69 Å². The molecule has 0 bridgehead atoms. The number of hydrogen-bond donors (Lipinski definition) is 2. The lowest BCUT2D eigenvalue weighted by atomic mass is 10.1. The molecule has 2 atom stereocenters. The van der Waals surface area contributed by atoms with Crippen LogP contribution in [0, 0.1) is 23.2 Å². The lowest BCUT2D eigenvalue weighted by Crippen LogP contribution is -2.41. The van der Waals surface area contributed by atoms with Gasteiger partial charge in [-0.3, -0.25) is 14.3 Å². The van der Waals surface area contributed by atoms with Crippen molar-refractivity contribution in [1.82, 2.24) is 15.1 Å². The largest absolute Gasteiger partial charge is 0.322 e. The van der Waals surface area contributed by atoms with E-state index in [1.54, 1.807) is 33.8 Å². The van der Waals surface area contributed by atoms with Gasteiger partial charge in [-0.2, -0.15) is 10.4 Å².